The van der Waals surface area contributed by atoms with Crippen LogP contribution < -0.4 is 0 Å². The van der Waals surface area contributed by atoms with E-state index in [0.29, 0.717) is 30.2 Å². The second-order valence-electron chi connectivity index (χ2n) is 6.05. The van der Waals surface area contributed by atoms with Crippen molar-refractivity contribution >= 4 is 5.78 Å². The van der Waals surface area contributed by atoms with E-state index >= 15 is 0 Å². The summed E-state index contributed by atoms with van der Waals surface area (Å²) >= 11 is 0. The van der Waals surface area contributed by atoms with Gasteiger partial charge in [-0.1, -0.05) is 6.08 Å². The Morgan fingerprint density at radius 2 is 2.33 bits per heavy atom. The summed E-state index contributed by atoms with van der Waals surface area (Å²) in [5.41, 5.74) is 0. The summed E-state index contributed by atoms with van der Waals surface area (Å²) in [6, 6.07) is 0.984. The highest BCUT2D eigenvalue weighted by Crippen LogP contribution is 2.40. The van der Waals surface area contributed by atoms with Crippen molar-refractivity contribution in [2.24, 2.45) is 11.8 Å². The number of ketones is 1. The number of allylic oxidation sites excluding steroid dienone is 1. The van der Waals surface area contributed by atoms with Gasteiger partial charge >= 0.3 is 0 Å². The molecule has 3 rings (SSSR count). The highest BCUT2D eigenvalue weighted by atomic mass is 16.1. The lowest BCUT2D eigenvalue weighted by molar-refractivity contribution is -0.119. The lowest BCUT2D eigenvalue weighted by Gasteiger charge is -2.54. The van der Waals surface area contributed by atoms with Crippen molar-refractivity contribution in [3.8, 4) is 0 Å². The number of nitrogens with zero attached hydrogens (tertiary/aromatic N) is 2. The van der Waals surface area contributed by atoms with Crippen LogP contribution in [-0.2, 0) is 4.79 Å². The standard InChI is InChI=1S/C15H22N2O/c1-3-4-14-13-7-11(9-16(14)2)10-17-6-5-12(18)8-15(13)17/h3,5-6,11,13-15H,1,4,7-10H2,2H3/t11-,13+,14-,15-/m1/s1. The largest absolute Gasteiger partial charge is 0.373 e. The molecule has 4 atom stereocenters. The summed E-state index contributed by atoms with van der Waals surface area (Å²) in [4.78, 5) is 16.6. The van der Waals surface area contributed by atoms with Gasteiger partial charge in [0.15, 0.2) is 5.78 Å². The molecule has 3 nitrogen and oxygen atoms in total. The Morgan fingerprint density at radius 1 is 1.50 bits per heavy atom. The molecule has 0 spiro atoms. The van der Waals surface area contributed by atoms with Gasteiger partial charge in [0, 0.05) is 37.8 Å². The number of fused-ring (bicyclic) bond motifs is 4. The molecule has 18 heavy (non-hydrogen) atoms. The first kappa shape index (κ1) is 12.0. The zero-order valence-electron chi connectivity index (χ0n) is 11.1. The number of hydrogen-bond acceptors (Lipinski definition) is 3. The van der Waals surface area contributed by atoms with Gasteiger partial charge in [-0.05, 0) is 37.8 Å². The third-order valence-electron chi connectivity index (χ3n) is 4.87. The molecule has 0 aromatic heterocycles. The molecule has 0 aromatic rings. The zero-order valence-corrected chi connectivity index (χ0v) is 11.1. The molecule has 2 bridgehead atoms. The van der Waals surface area contributed by atoms with Crippen LogP contribution in [0.15, 0.2) is 24.9 Å². The lowest BCUT2D eigenvalue weighted by atomic mass is 9.72. The minimum absolute atomic E-state index is 0.292. The average molecular weight is 246 g/mol. The smallest absolute Gasteiger partial charge is 0.159 e. The molecule has 3 heteroatoms. The maximum Gasteiger partial charge on any atom is 0.159 e. The minimum atomic E-state index is 0.292. The van der Waals surface area contributed by atoms with E-state index < -0.39 is 0 Å². The third-order valence-corrected chi connectivity index (χ3v) is 4.87. The van der Waals surface area contributed by atoms with Crippen LogP contribution in [0.3, 0.4) is 0 Å². The molecular formula is C15H22N2O. The molecule has 0 saturated carbocycles. The average Bonchev–Trinajstić information content (AvgIpc) is 2.35. The van der Waals surface area contributed by atoms with Gasteiger partial charge in [0.25, 0.3) is 0 Å². The molecule has 2 fully saturated rings. The summed E-state index contributed by atoms with van der Waals surface area (Å²) in [5.74, 6) is 1.67. The first-order valence-electron chi connectivity index (χ1n) is 6.97. The zero-order chi connectivity index (χ0) is 12.7. The molecule has 98 valence electrons. The molecule has 3 aliphatic heterocycles. The SMILES string of the molecule is C=CC[C@@H]1[C@@H]2C[C@H](CN1C)CN1C=CC(=O)C[C@H]21. The monoisotopic (exact) mass is 246 g/mol. The van der Waals surface area contributed by atoms with E-state index in [-0.39, 0.29) is 0 Å². The van der Waals surface area contributed by atoms with E-state index in [1.165, 1.54) is 13.0 Å². The second kappa shape index (κ2) is 4.54. The van der Waals surface area contributed by atoms with E-state index in [2.05, 4.69) is 23.4 Å². The first-order chi connectivity index (χ1) is 8.69. The van der Waals surface area contributed by atoms with Crippen molar-refractivity contribution < 1.29 is 4.79 Å². The van der Waals surface area contributed by atoms with Crippen LogP contribution >= 0.6 is 0 Å². The van der Waals surface area contributed by atoms with Gasteiger partial charge in [-0.3, -0.25) is 4.79 Å². The number of carbonyl (C=O) groups is 1. The van der Waals surface area contributed by atoms with E-state index in [0.717, 1.165) is 18.9 Å². The summed E-state index contributed by atoms with van der Waals surface area (Å²) in [6.07, 6.45) is 8.84. The third kappa shape index (κ3) is 1.91. The van der Waals surface area contributed by atoms with Crippen molar-refractivity contribution in [1.29, 1.82) is 0 Å². The molecule has 0 radical (unpaired) electrons. The molecule has 0 amide bonds. The van der Waals surface area contributed by atoms with Gasteiger partial charge in [0.05, 0.1) is 0 Å². The number of piperidine rings is 2. The molecule has 0 aromatic carbocycles. The summed E-state index contributed by atoms with van der Waals surface area (Å²) in [6.45, 7) is 6.19. The Hall–Kier alpha value is -1.09. The molecule has 0 N–H and O–H groups in total. The predicted octanol–water partition coefficient (Wildman–Crippen LogP) is 1.67. The van der Waals surface area contributed by atoms with E-state index in [1.54, 1.807) is 6.08 Å². The normalized spacial score (nSPS) is 39.6. The molecule has 0 unspecified atom stereocenters. The molecule has 2 saturated heterocycles. The maximum absolute atomic E-state index is 11.7. The minimum Gasteiger partial charge on any atom is -0.373 e. The Balaban J connectivity index is 1.87. The fraction of sp³-hybridized carbons (Fsp3) is 0.667. The van der Waals surface area contributed by atoms with E-state index in [4.69, 9.17) is 0 Å². The number of rotatable bonds is 2. The predicted molar refractivity (Wildman–Crippen MR) is 72.1 cm³/mol. The van der Waals surface area contributed by atoms with Crippen molar-refractivity contribution in [2.45, 2.75) is 31.3 Å². The molecule has 3 heterocycles. The maximum atomic E-state index is 11.7. The van der Waals surface area contributed by atoms with Gasteiger partial charge in [0.1, 0.15) is 0 Å². The second-order valence-corrected chi connectivity index (χ2v) is 6.05. The van der Waals surface area contributed by atoms with Crippen molar-refractivity contribution in [3.63, 3.8) is 0 Å². The highest BCUT2D eigenvalue weighted by Gasteiger charge is 2.45. The fourth-order valence-electron chi connectivity index (χ4n) is 4.13. The summed E-state index contributed by atoms with van der Waals surface area (Å²) in [5, 5.41) is 0. The van der Waals surface area contributed by atoms with Crippen LogP contribution in [0.1, 0.15) is 19.3 Å². The Labute approximate surface area is 109 Å². The van der Waals surface area contributed by atoms with Crippen LogP contribution in [0.25, 0.3) is 0 Å². The van der Waals surface area contributed by atoms with Gasteiger partial charge < -0.3 is 9.80 Å². The quantitative estimate of drug-likeness (QED) is 0.692. The van der Waals surface area contributed by atoms with Gasteiger partial charge in [-0.15, -0.1) is 6.58 Å². The van der Waals surface area contributed by atoms with Crippen LogP contribution in [0.2, 0.25) is 0 Å². The highest BCUT2D eigenvalue weighted by molar-refractivity contribution is 5.90. The van der Waals surface area contributed by atoms with Gasteiger partial charge in [-0.25, -0.2) is 0 Å². The summed E-state index contributed by atoms with van der Waals surface area (Å²) in [7, 11) is 2.23. The first-order valence-corrected chi connectivity index (χ1v) is 6.97. The van der Waals surface area contributed by atoms with E-state index in [9.17, 15) is 4.79 Å². The summed E-state index contributed by atoms with van der Waals surface area (Å²) < 4.78 is 0. The molecule has 0 aliphatic carbocycles. The lowest BCUT2D eigenvalue weighted by Crippen LogP contribution is -2.60. The topological polar surface area (TPSA) is 23.6 Å². The van der Waals surface area contributed by atoms with E-state index in [1.807, 2.05) is 12.3 Å². The number of hydrogen-bond donors (Lipinski definition) is 0. The van der Waals surface area contributed by atoms with Gasteiger partial charge in [0.2, 0.25) is 0 Å². The van der Waals surface area contributed by atoms with Crippen LogP contribution in [0.4, 0.5) is 0 Å². The number of carbonyl (C=O) groups excluding carboxylic acids is 1. The fourth-order valence-corrected chi connectivity index (χ4v) is 4.13. The van der Waals surface area contributed by atoms with Crippen LogP contribution in [-0.4, -0.2) is 47.8 Å². The van der Waals surface area contributed by atoms with Crippen molar-refractivity contribution in [3.05, 3.63) is 24.9 Å². The van der Waals surface area contributed by atoms with Crippen molar-refractivity contribution in [2.75, 3.05) is 20.1 Å². The van der Waals surface area contributed by atoms with Gasteiger partial charge in [-0.2, -0.15) is 0 Å². The Morgan fingerprint density at radius 3 is 3.11 bits per heavy atom. The number of likely N-dealkylation sites (tertiary alicyclic amines) is 1. The molecule has 3 aliphatic rings. The Bertz CT molecular complexity index is 390. The Kier molecular flexibility index (Phi) is 3.02. The molecular weight excluding hydrogens is 224 g/mol. The van der Waals surface area contributed by atoms with Crippen LogP contribution in [0, 0.1) is 11.8 Å². The van der Waals surface area contributed by atoms with Crippen molar-refractivity contribution in [1.82, 2.24) is 9.80 Å². The van der Waals surface area contributed by atoms with Crippen LogP contribution in [0.5, 0.6) is 0 Å².